The van der Waals surface area contributed by atoms with Gasteiger partial charge in [0.1, 0.15) is 12.1 Å². The number of hydrogen-bond acceptors (Lipinski definition) is 4. The summed E-state index contributed by atoms with van der Waals surface area (Å²) in [4.78, 5) is 43.6. The van der Waals surface area contributed by atoms with E-state index in [-0.39, 0.29) is 24.3 Å². The molecule has 4 amide bonds. The fourth-order valence-electron chi connectivity index (χ4n) is 4.96. The third-order valence-electron chi connectivity index (χ3n) is 6.99. The molecule has 2 saturated heterocycles. The van der Waals surface area contributed by atoms with Crippen LogP contribution in [-0.4, -0.2) is 77.4 Å². The zero-order chi connectivity index (χ0) is 21.8. The predicted octanol–water partition coefficient (Wildman–Crippen LogP) is 2.34. The second kappa shape index (κ2) is 9.22. The molecule has 1 aromatic carbocycles. The van der Waals surface area contributed by atoms with Crippen LogP contribution in [0.5, 0.6) is 0 Å². The van der Waals surface area contributed by atoms with Crippen molar-refractivity contribution in [2.45, 2.75) is 38.1 Å². The number of imide groups is 1. The van der Waals surface area contributed by atoms with Crippen LogP contribution < -0.4 is 5.32 Å². The van der Waals surface area contributed by atoms with Gasteiger partial charge in [-0.1, -0.05) is 62.2 Å². The summed E-state index contributed by atoms with van der Waals surface area (Å²) >= 11 is 0. The maximum absolute atomic E-state index is 13.1. The van der Waals surface area contributed by atoms with Crippen LogP contribution in [0.4, 0.5) is 4.79 Å². The summed E-state index contributed by atoms with van der Waals surface area (Å²) in [5.74, 6) is -0.267. The van der Waals surface area contributed by atoms with Crippen molar-refractivity contribution in [2.24, 2.45) is 5.92 Å². The average molecular weight is 425 g/mol. The molecule has 166 valence electrons. The number of amides is 4. The lowest BCUT2D eigenvalue weighted by atomic mass is 9.73. The summed E-state index contributed by atoms with van der Waals surface area (Å²) in [6.07, 6.45) is 7.85. The standard InChI is InChI=1S/C24H32N4O3/c1-19-8-5-6-12-24(19)22(30)28(23(31)25-24)18-21(29)27-16-14-26(15-17-27)13-7-11-20-9-3-2-4-10-20/h2-4,7,9-11,19H,5-6,8,12-18H2,1H3,(H,25,31). The second-order valence-electron chi connectivity index (χ2n) is 8.93. The first kappa shape index (κ1) is 21.6. The molecule has 2 unspecified atom stereocenters. The summed E-state index contributed by atoms with van der Waals surface area (Å²) in [5.41, 5.74) is 0.370. The summed E-state index contributed by atoms with van der Waals surface area (Å²) in [5, 5.41) is 2.92. The smallest absolute Gasteiger partial charge is 0.325 e. The van der Waals surface area contributed by atoms with E-state index < -0.39 is 11.6 Å². The molecule has 2 heterocycles. The molecule has 0 aromatic heterocycles. The third-order valence-corrected chi connectivity index (χ3v) is 6.99. The van der Waals surface area contributed by atoms with E-state index in [0.29, 0.717) is 19.5 Å². The Hall–Kier alpha value is -2.67. The summed E-state index contributed by atoms with van der Waals surface area (Å²) in [6, 6.07) is 9.76. The van der Waals surface area contributed by atoms with Crippen LogP contribution in [0.3, 0.4) is 0 Å². The van der Waals surface area contributed by atoms with Gasteiger partial charge in [-0.05, 0) is 24.3 Å². The van der Waals surface area contributed by atoms with E-state index in [1.807, 2.05) is 25.1 Å². The minimum Gasteiger partial charge on any atom is -0.339 e. The highest BCUT2D eigenvalue weighted by Gasteiger charge is 2.55. The molecule has 3 aliphatic rings. The highest BCUT2D eigenvalue weighted by atomic mass is 16.2. The molecule has 1 spiro atoms. The summed E-state index contributed by atoms with van der Waals surface area (Å²) in [6.45, 7) is 5.50. The first-order chi connectivity index (χ1) is 15.0. The van der Waals surface area contributed by atoms with Gasteiger partial charge >= 0.3 is 6.03 Å². The van der Waals surface area contributed by atoms with Crippen LogP contribution in [0.25, 0.3) is 6.08 Å². The molecule has 7 heteroatoms. The Balaban J connectivity index is 1.27. The Bertz CT molecular complexity index is 848. The lowest BCUT2D eigenvalue weighted by molar-refractivity contribution is -0.141. The zero-order valence-corrected chi connectivity index (χ0v) is 18.3. The van der Waals surface area contributed by atoms with Crippen LogP contribution >= 0.6 is 0 Å². The normalized spacial score (nSPS) is 27.3. The van der Waals surface area contributed by atoms with Crippen LogP contribution in [0.1, 0.15) is 38.2 Å². The maximum atomic E-state index is 13.1. The topological polar surface area (TPSA) is 73.0 Å². The number of benzene rings is 1. The van der Waals surface area contributed by atoms with E-state index in [9.17, 15) is 14.4 Å². The van der Waals surface area contributed by atoms with Crippen molar-refractivity contribution >= 4 is 23.9 Å². The van der Waals surface area contributed by atoms with Gasteiger partial charge in [-0.2, -0.15) is 0 Å². The zero-order valence-electron chi connectivity index (χ0n) is 18.3. The monoisotopic (exact) mass is 424 g/mol. The molecule has 0 bridgehead atoms. The highest BCUT2D eigenvalue weighted by molar-refractivity contribution is 6.09. The maximum Gasteiger partial charge on any atom is 0.325 e. The van der Waals surface area contributed by atoms with Crippen LogP contribution in [-0.2, 0) is 9.59 Å². The van der Waals surface area contributed by atoms with E-state index in [1.54, 1.807) is 4.90 Å². The Morgan fingerprint density at radius 1 is 1.13 bits per heavy atom. The largest absolute Gasteiger partial charge is 0.339 e. The molecular formula is C24H32N4O3. The fraction of sp³-hybridized carbons (Fsp3) is 0.542. The van der Waals surface area contributed by atoms with Gasteiger partial charge in [0.05, 0.1) is 0 Å². The van der Waals surface area contributed by atoms with E-state index >= 15 is 0 Å². The first-order valence-electron chi connectivity index (χ1n) is 11.4. The number of urea groups is 1. The Morgan fingerprint density at radius 2 is 1.87 bits per heavy atom. The SMILES string of the molecule is CC1CCCCC12NC(=O)N(CC(=O)N1CCN(CC=Cc3ccccc3)CC1)C2=O. The Labute approximate surface area is 184 Å². The van der Waals surface area contributed by atoms with Crippen LogP contribution in [0.2, 0.25) is 0 Å². The van der Waals surface area contributed by atoms with Crippen molar-refractivity contribution in [3.63, 3.8) is 0 Å². The van der Waals surface area contributed by atoms with Gasteiger partial charge in [0.2, 0.25) is 5.91 Å². The van der Waals surface area contributed by atoms with Gasteiger partial charge in [0, 0.05) is 32.7 Å². The lowest BCUT2D eigenvalue weighted by Crippen LogP contribution is -2.54. The van der Waals surface area contributed by atoms with E-state index in [0.717, 1.165) is 43.8 Å². The minimum atomic E-state index is -0.806. The Morgan fingerprint density at radius 3 is 2.58 bits per heavy atom. The lowest BCUT2D eigenvalue weighted by Gasteiger charge is -2.37. The number of carbonyl (C=O) groups is 3. The molecule has 7 nitrogen and oxygen atoms in total. The molecule has 1 aliphatic carbocycles. The van der Waals surface area contributed by atoms with Crippen LogP contribution in [0.15, 0.2) is 36.4 Å². The number of nitrogens with zero attached hydrogens (tertiary/aromatic N) is 3. The van der Waals surface area contributed by atoms with Crippen molar-refractivity contribution in [1.82, 2.24) is 20.0 Å². The van der Waals surface area contributed by atoms with E-state index in [2.05, 4.69) is 34.5 Å². The van der Waals surface area contributed by atoms with E-state index in [4.69, 9.17) is 0 Å². The first-order valence-corrected chi connectivity index (χ1v) is 11.4. The van der Waals surface area contributed by atoms with Crippen molar-refractivity contribution in [3.05, 3.63) is 42.0 Å². The molecule has 2 atom stereocenters. The minimum absolute atomic E-state index is 0.102. The molecule has 31 heavy (non-hydrogen) atoms. The molecule has 3 fully saturated rings. The van der Waals surface area contributed by atoms with Gasteiger partial charge in [0.25, 0.3) is 5.91 Å². The predicted molar refractivity (Wildman–Crippen MR) is 119 cm³/mol. The number of hydrogen-bond donors (Lipinski definition) is 1. The molecule has 1 aromatic rings. The van der Waals surface area contributed by atoms with Crippen LogP contribution in [0, 0.1) is 5.92 Å². The molecule has 2 aliphatic heterocycles. The molecule has 1 N–H and O–H groups in total. The quantitative estimate of drug-likeness (QED) is 0.737. The highest BCUT2D eigenvalue weighted by Crippen LogP contribution is 2.38. The average Bonchev–Trinajstić information content (AvgIpc) is 3.02. The molecule has 0 radical (unpaired) electrons. The molecule has 4 rings (SSSR count). The van der Waals surface area contributed by atoms with Crippen molar-refractivity contribution in [1.29, 1.82) is 0 Å². The van der Waals surface area contributed by atoms with E-state index in [1.165, 1.54) is 5.56 Å². The van der Waals surface area contributed by atoms with Gasteiger partial charge < -0.3 is 10.2 Å². The van der Waals surface area contributed by atoms with Gasteiger partial charge in [-0.3, -0.25) is 19.4 Å². The number of carbonyl (C=O) groups excluding carboxylic acids is 3. The Kier molecular flexibility index (Phi) is 6.41. The van der Waals surface area contributed by atoms with Gasteiger partial charge in [0.15, 0.2) is 0 Å². The molecule has 1 saturated carbocycles. The molecular weight excluding hydrogens is 392 g/mol. The number of nitrogens with one attached hydrogen (secondary N) is 1. The number of piperazine rings is 1. The summed E-state index contributed by atoms with van der Waals surface area (Å²) < 4.78 is 0. The third kappa shape index (κ3) is 4.51. The summed E-state index contributed by atoms with van der Waals surface area (Å²) in [7, 11) is 0. The van der Waals surface area contributed by atoms with Gasteiger partial charge in [-0.25, -0.2) is 4.79 Å². The number of rotatable bonds is 5. The van der Waals surface area contributed by atoms with Crippen molar-refractivity contribution in [3.8, 4) is 0 Å². The fourth-order valence-corrected chi connectivity index (χ4v) is 4.96. The van der Waals surface area contributed by atoms with Crippen molar-refractivity contribution in [2.75, 3.05) is 39.3 Å². The second-order valence-corrected chi connectivity index (χ2v) is 8.93. The van der Waals surface area contributed by atoms with Gasteiger partial charge in [-0.15, -0.1) is 0 Å². The van der Waals surface area contributed by atoms with Crippen molar-refractivity contribution < 1.29 is 14.4 Å².